The maximum absolute atomic E-state index is 12.0. The summed E-state index contributed by atoms with van der Waals surface area (Å²) in [5.74, 6) is 0. The molecular formula is C16H33NO2. The number of ether oxygens (including phenoxy) is 1. The molecule has 3 heteroatoms. The van der Waals surface area contributed by atoms with Gasteiger partial charge in [-0.3, -0.25) is 0 Å². The van der Waals surface area contributed by atoms with E-state index < -0.39 is 5.60 Å². The van der Waals surface area contributed by atoms with Crippen LogP contribution in [0.4, 0.5) is 4.79 Å². The highest BCUT2D eigenvalue weighted by molar-refractivity contribution is 5.68. The van der Waals surface area contributed by atoms with Crippen molar-refractivity contribution in [2.24, 2.45) is 0 Å². The van der Waals surface area contributed by atoms with Gasteiger partial charge in [0, 0.05) is 13.1 Å². The first kappa shape index (κ1) is 18.3. The Bertz CT molecular complexity index is 246. The monoisotopic (exact) mass is 271 g/mol. The fraction of sp³-hybridized carbons (Fsp3) is 0.938. The number of hydrogen-bond acceptors (Lipinski definition) is 2. The van der Waals surface area contributed by atoms with Gasteiger partial charge >= 0.3 is 6.09 Å². The van der Waals surface area contributed by atoms with Gasteiger partial charge < -0.3 is 9.64 Å². The molecule has 0 saturated heterocycles. The second kappa shape index (κ2) is 9.22. The zero-order chi connectivity index (χ0) is 14.9. The highest BCUT2D eigenvalue weighted by atomic mass is 16.6. The Kier molecular flexibility index (Phi) is 8.86. The summed E-state index contributed by atoms with van der Waals surface area (Å²) in [6.45, 7) is 10.1. The number of hydrogen-bond donors (Lipinski definition) is 0. The summed E-state index contributed by atoms with van der Waals surface area (Å²) >= 11 is 0. The third-order valence-electron chi connectivity index (χ3n) is 3.34. The van der Waals surface area contributed by atoms with E-state index in [0.717, 1.165) is 12.8 Å². The van der Waals surface area contributed by atoms with Crippen molar-refractivity contribution in [2.75, 3.05) is 7.05 Å². The highest BCUT2D eigenvalue weighted by Crippen LogP contribution is 2.16. The number of nitrogens with zero attached hydrogens (tertiary/aromatic N) is 1. The van der Waals surface area contributed by atoms with E-state index in [1.807, 2.05) is 27.8 Å². The Morgan fingerprint density at radius 3 is 2.16 bits per heavy atom. The van der Waals surface area contributed by atoms with Crippen LogP contribution in [0.1, 0.15) is 79.6 Å². The summed E-state index contributed by atoms with van der Waals surface area (Å²) in [4.78, 5) is 13.8. The fourth-order valence-corrected chi connectivity index (χ4v) is 2.14. The molecule has 0 saturated carbocycles. The lowest BCUT2D eigenvalue weighted by Gasteiger charge is -2.30. The van der Waals surface area contributed by atoms with Crippen LogP contribution in [-0.4, -0.2) is 29.7 Å². The molecule has 0 aliphatic carbocycles. The van der Waals surface area contributed by atoms with Gasteiger partial charge in [0.2, 0.25) is 0 Å². The number of amides is 1. The Hall–Kier alpha value is -0.730. The van der Waals surface area contributed by atoms with E-state index in [4.69, 9.17) is 4.74 Å². The average Bonchev–Trinajstić information content (AvgIpc) is 2.31. The summed E-state index contributed by atoms with van der Waals surface area (Å²) in [6.07, 6.45) is 8.24. The Balaban J connectivity index is 4.09. The van der Waals surface area contributed by atoms with Crippen molar-refractivity contribution >= 4 is 6.09 Å². The van der Waals surface area contributed by atoms with Gasteiger partial charge in [-0.1, -0.05) is 46.0 Å². The van der Waals surface area contributed by atoms with E-state index in [0.29, 0.717) is 6.04 Å². The minimum atomic E-state index is -0.412. The molecule has 1 atom stereocenters. The third-order valence-corrected chi connectivity index (χ3v) is 3.34. The minimum Gasteiger partial charge on any atom is -0.444 e. The van der Waals surface area contributed by atoms with Crippen molar-refractivity contribution in [1.82, 2.24) is 4.90 Å². The van der Waals surface area contributed by atoms with Gasteiger partial charge in [0.05, 0.1) is 0 Å². The Morgan fingerprint density at radius 1 is 1.11 bits per heavy atom. The maximum Gasteiger partial charge on any atom is 0.410 e. The van der Waals surface area contributed by atoms with Crippen LogP contribution in [0.15, 0.2) is 0 Å². The van der Waals surface area contributed by atoms with E-state index in [-0.39, 0.29) is 6.09 Å². The molecule has 0 aliphatic rings. The third kappa shape index (κ3) is 8.90. The lowest BCUT2D eigenvalue weighted by Crippen LogP contribution is -2.40. The molecule has 19 heavy (non-hydrogen) atoms. The zero-order valence-electron chi connectivity index (χ0n) is 13.8. The van der Waals surface area contributed by atoms with Crippen LogP contribution in [0.3, 0.4) is 0 Å². The van der Waals surface area contributed by atoms with Gasteiger partial charge in [0.1, 0.15) is 5.60 Å². The zero-order valence-corrected chi connectivity index (χ0v) is 13.8. The minimum absolute atomic E-state index is 0.201. The molecule has 0 N–H and O–H groups in total. The highest BCUT2D eigenvalue weighted by Gasteiger charge is 2.23. The summed E-state index contributed by atoms with van der Waals surface area (Å²) < 4.78 is 5.41. The van der Waals surface area contributed by atoms with Crippen molar-refractivity contribution < 1.29 is 9.53 Å². The lowest BCUT2D eigenvalue weighted by atomic mass is 10.0. The molecule has 0 fully saturated rings. The second-order valence-corrected chi connectivity index (χ2v) is 6.36. The molecular weight excluding hydrogens is 238 g/mol. The van der Waals surface area contributed by atoms with E-state index in [2.05, 4.69) is 13.8 Å². The van der Waals surface area contributed by atoms with Crippen LogP contribution < -0.4 is 0 Å². The molecule has 114 valence electrons. The molecule has 3 nitrogen and oxygen atoms in total. The standard InChI is InChI=1S/C16H33NO2/c1-7-9-10-11-12-13-14(8-2)17(6)15(18)19-16(3,4)5/h14H,7-13H2,1-6H3. The van der Waals surface area contributed by atoms with Crippen molar-refractivity contribution in [3.63, 3.8) is 0 Å². The van der Waals surface area contributed by atoms with Crippen molar-refractivity contribution in [3.8, 4) is 0 Å². The summed E-state index contributed by atoms with van der Waals surface area (Å²) in [7, 11) is 1.86. The number of carbonyl (C=O) groups is 1. The average molecular weight is 271 g/mol. The Morgan fingerprint density at radius 2 is 1.68 bits per heavy atom. The maximum atomic E-state index is 12.0. The lowest BCUT2D eigenvalue weighted by molar-refractivity contribution is 0.0208. The van der Waals surface area contributed by atoms with E-state index in [1.54, 1.807) is 4.90 Å². The number of unbranched alkanes of at least 4 members (excludes halogenated alkanes) is 4. The number of rotatable bonds is 8. The smallest absolute Gasteiger partial charge is 0.410 e. The largest absolute Gasteiger partial charge is 0.444 e. The van der Waals surface area contributed by atoms with Gasteiger partial charge in [0.15, 0.2) is 0 Å². The molecule has 0 rings (SSSR count). The predicted molar refractivity (Wildman–Crippen MR) is 81.5 cm³/mol. The van der Waals surface area contributed by atoms with Gasteiger partial charge in [-0.25, -0.2) is 4.79 Å². The van der Waals surface area contributed by atoms with Crippen LogP contribution in [0.25, 0.3) is 0 Å². The fourth-order valence-electron chi connectivity index (χ4n) is 2.14. The van der Waals surface area contributed by atoms with Crippen molar-refractivity contribution in [3.05, 3.63) is 0 Å². The van der Waals surface area contributed by atoms with Crippen LogP contribution >= 0.6 is 0 Å². The molecule has 0 bridgehead atoms. The van der Waals surface area contributed by atoms with Gasteiger partial charge in [-0.05, 0) is 33.6 Å². The molecule has 1 amide bonds. The van der Waals surface area contributed by atoms with Gasteiger partial charge in [-0.15, -0.1) is 0 Å². The first-order valence-electron chi connectivity index (χ1n) is 7.77. The van der Waals surface area contributed by atoms with Crippen molar-refractivity contribution in [2.45, 2.75) is 91.2 Å². The molecule has 0 aromatic rings. The SMILES string of the molecule is CCCCCCCC(CC)N(C)C(=O)OC(C)(C)C. The normalized spacial score (nSPS) is 13.2. The summed E-state index contributed by atoms with van der Waals surface area (Å²) in [5, 5.41) is 0. The molecule has 0 spiro atoms. The summed E-state index contributed by atoms with van der Waals surface area (Å²) in [6, 6.07) is 0.302. The van der Waals surface area contributed by atoms with Gasteiger partial charge in [0.25, 0.3) is 0 Å². The topological polar surface area (TPSA) is 29.5 Å². The Labute approximate surface area is 119 Å². The summed E-state index contributed by atoms with van der Waals surface area (Å²) in [5.41, 5.74) is -0.412. The van der Waals surface area contributed by atoms with Gasteiger partial charge in [-0.2, -0.15) is 0 Å². The van der Waals surface area contributed by atoms with E-state index in [1.165, 1.54) is 32.1 Å². The second-order valence-electron chi connectivity index (χ2n) is 6.36. The quantitative estimate of drug-likeness (QED) is 0.582. The molecule has 0 aromatic heterocycles. The van der Waals surface area contributed by atoms with E-state index in [9.17, 15) is 4.79 Å². The molecule has 0 aromatic carbocycles. The van der Waals surface area contributed by atoms with Crippen LogP contribution in [0.2, 0.25) is 0 Å². The van der Waals surface area contributed by atoms with Crippen molar-refractivity contribution in [1.29, 1.82) is 0 Å². The predicted octanol–water partition coefficient (Wildman–Crippen LogP) is 4.99. The molecule has 0 heterocycles. The first-order valence-corrected chi connectivity index (χ1v) is 7.77. The van der Waals surface area contributed by atoms with Crippen LogP contribution in [0.5, 0.6) is 0 Å². The molecule has 1 unspecified atom stereocenters. The first-order chi connectivity index (χ1) is 8.81. The van der Waals surface area contributed by atoms with Crippen LogP contribution in [0, 0.1) is 0 Å². The molecule has 0 radical (unpaired) electrons. The molecule has 0 aliphatic heterocycles. The van der Waals surface area contributed by atoms with Crippen LogP contribution in [-0.2, 0) is 4.74 Å². The number of carbonyl (C=O) groups excluding carboxylic acids is 1. The van der Waals surface area contributed by atoms with E-state index >= 15 is 0 Å².